The van der Waals surface area contributed by atoms with Gasteiger partial charge < -0.3 is 9.67 Å². The van der Waals surface area contributed by atoms with Gasteiger partial charge in [0.25, 0.3) is 0 Å². The summed E-state index contributed by atoms with van der Waals surface area (Å²) < 4.78 is 28.9. The largest absolute Gasteiger partial charge is 0.390 e. The molecular formula is C13H19N3O3S2. The molecular weight excluding hydrogens is 310 g/mol. The first-order valence-corrected chi connectivity index (χ1v) is 9.03. The van der Waals surface area contributed by atoms with E-state index in [4.69, 9.17) is 0 Å². The molecule has 0 amide bonds. The summed E-state index contributed by atoms with van der Waals surface area (Å²) in [5.74, 6) is 0.0188. The van der Waals surface area contributed by atoms with Gasteiger partial charge in [-0.15, -0.1) is 11.3 Å². The minimum Gasteiger partial charge on any atom is -0.390 e. The number of aromatic nitrogens is 2. The average Bonchev–Trinajstić information content (AvgIpc) is 3.13. The van der Waals surface area contributed by atoms with Gasteiger partial charge in [-0.1, -0.05) is 6.92 Å². The quantitative estimate of drug-likeness (QED) is 0.807. The van der Waals surface area contributed by atoms with Crippen LogP contribution < -0.4 is 4.72 Å². The van der Waals surface area contributed by atoms with Crippen LogP contribution in [0.2, 0.25) is 0 Å². The van der Waals surface area contributed by atoms with Gasteiger partial charge in [0.2, 0.25) is 10.0 Å². The summed E-state index contributed by atoms with van der Waals surface area (Å²) in [6, 6.07) is 1.50. The van der Waals surface area contributed by atoms with Crippen molar-refractivity contribution in [1.29, 1.82) is 0 Å². The number of thiazole rings is 1. The van der Waals surface area contributed by atoms with Gasteiger partial charge in [-0.3, -0.25) is 0 Å². The van der Waals surface area contributed by atoms with E-state index in [0.717, 1.165) is 5.01 Å². The molecule has 0 saturated heterocycles. The van der Waals surface area contributed by atoms with Crippen molar-refractivity contribution in [3.8, 4) is 0 Å². The van der Waals surface area contributed by atoms with E-state index in [1.54, 1.807) is 17.0 Å². The Bertz CT molecular complexity index is 656. The first-order valence-electron chi connectivity index (χ1n) is 6.67. The normalized spacial score (nSPS) is 13.5. The summed E-state index contributed by atoms with van der Waals surface area (Å²) >= 11 is 1.51. The second-order valence-corrected chi connectivity index (χ2v) is 7.43. The minimum absolute atomic E-state index is 0.0188. The maximum Gasteiger partial charge on any atom is 0.242 e. The number of nitrogens with one attached hydrogen (secondary N) is 1. The Kier molecular flexibility index (Phi) is 5.15. The van der Waals surface area contributed by atoms with E-state index in [1.165, 1.54) is 17.4 Å². The van der Waals surface area contributed by atoms with Gasteiger partial charge in [0.15, 0.2) is 0 Å². The predicted octanol–water partition coefficient (Wildman–Crippen LogP) is 1.54. The van der Waals surface area contributed by atoms with E-state index in [-0.39, 0.29) is 17.4 Å². The van der Waals surface area contributed by atoms with Crippen LogP contribution in [0.3, 0.4) is 0 Å². The molecule has 0 bridgehead atoms. The summed E-state index contributed by atoms with van der Waals surface area (Å²) in [7, 11) is -3.57. The molecule has 1 unspecified atom stereocenters. The molecule has 2 N–H and O–H groups in total. The molecule has 0 radical (unpaired) electrons. The van der Waals surface area contributed by atoms with E-state index < -0.39 is 10.0 Å². The first kappa shape index (κ1) is 16.2. The van der Waals surface area contributed by atoms with Crippen LogP contribution in [0, 0.1) is 0 Å². The van der Waals surface area contributed by atoms with Crippen molar-refractivity contribution in [2.75, 3.05) is 6.54 Å². The number of rotatable bonds is 7. The smallest absolute Gasteiger partial charge is 0.242 e. The third kappa shape index (κ3) is 3.70. The monoisotopic (exact) mass is 329 g/mol. The standard InChI is InChI=1S/C13H19N3O3S2/c1-3-16-8-12(6-11(16)9-17)21(18,19)15-7-10(2)13-14-4-5-20-13/h4-6,8,10,15,17H,3,7,9H2,1-2H3. The summed E-state index contributed by atoms with van der Waals surface area (Å²) in [6.07, 6.45) is 3.25. The molecule has 2 rings (SSSR count). The SMILES string of the molecule is CCn1cc(S(=O)(=O)NCC(C)c2nccs2)cc1CO. The van der Waals surface area contributed by atoms with Crippen molar-refractivity contribution < 1.29 is 13.5 Å². The van der Waals surface area contributed by atoms with Crippen LogP contribution in [-0.4, -0.2) is 29.6 Å². The molecule has 0 fully saturated rings. The van der Waals surface area contributed by atoms with Crippen LogP contribution in [-0.2, 0) is 23.2 Å². The van der Waals surface area contributed by atoms with Crippen molar-refractivity contribution in [2.45, 2.75) is 37.8 Å². The third-order valence-electron chi connectivity index (χ3n) is 3.23. The highest BCUT2D eigenvalue weighted by Crippen LogP contribution is 2.19. The van der Waals surface area contributed by atoms with Crippen molar-refractivity contribution in [2.24, 2.45) is 0 Å². The molecule has 2 aromatic heterocycles. The Morgan fingerprint density at radius 3 is 2.81 bits per heavy atom. The molecule has 0 aliphatic carbocycles. The highest BCUT2D eigenvalue weighted by molar-refractivity contribution is 7.89. The molecule has 1 atom stereocenters. The number of sulfonamides is 1. The summed E-state index contributed by atoms with van der Waals surface area (Å²) in [4.78, 5) is 4.36. The van der Waals surface area contributed by atoms with Crippen LogP contribution in [0.4, 0.5) is 0 Å². The summed E-state index contributed by atoms with van der Waals surface area (Å²) in [5, 5.41) is 12.0. The third-order valence-corrected chi connectivity index (χ3v) is 5.62. The number of hydrogen-bond donors (Lipinski definition) is 2. The zero-order valence-electron chi connectivity index (χ0n) is 12.0. The molecule has 0 saturated carbocycles. The van der Waals surface area contributed by atoms with E-state index >= 15 is 0 Å². The lowest BCUT2D eigenvalue weighted by Gasteiger charge is -2.09. The van der Waals surface area contributed by atoms with Gasteiger partial charge in [-0.25, -0.2) is 18.1 Å². The van der Waals surface area contributed by atoms with Gasteiger partial charge in [0.05, 0.1) is 16.5 Å². The molecule has 116 valence electrons. The Morgan fingerprint density at radius 2 is 2.29 bits per heavy atom. The Labute approximate surface area is 128 Å². The average molecular weight is 329 g/mol. The second-order valence-electron chi connectivity index (χ2n) is 4.73. The van der Waals surface area contributed by atoms with Gasteiger partial charge in [-0.05, 0) is 13.0 Å². The second kappa shape index (κ2) is 6.69. The van der Waals surface area contributed by atoms with Crippen molar-refractivity contribution in [1.82, 2.24) is 14.3 Å². The Balaban J connectivity index is 2.09. The van der Waals surface area contributed by atoms with E-state index in [2.05, 4.69) is 9.71 Å². The van der Waals surface area contributed by atoms with Crippen molar-refractivity contribution in [3.05, 3.63) is 34.5 Å². The maximum atomic E-state index is 12.3. The molecule has 6 nitrogen and oxygen atoms in total. The van der Waals surface area contributed by atoms with Crippen molar-refractivity contribution in [3.63, 3.8) is 0 Å². The van der Waals surface area contributed by atoms with Gasteiger partial charge >= 0.3 is 0 Å². The fourth-order valence-corrected chi connectivity index (χ4v) is 3.87. The van der Waals surface area contributed by atoms with Crippen LogP contribution in [0.25, 0.3) is 0 Å². The van der Waals surface area contributed by atoms with Gasteiger partial charge in [0, 0.05) is 42.5 Å². The van der Waals surface area contributed by atoms with E-state index in [9.17, 15) is 13.5 Å². The predicted molar refractivity (Wildman–Crippen MR) is 81.7 cm³/mol. The zero-order valence-corrected chi connectivity index (χ0v) is 13.6. The molecule has 2 aromatic rings. The van der Waals surface area contributed by atoms with E-state index in [0.29, 0.717) is 18.8 Å². The van der Waals surface area contributed by atoms with Crippen LogP contribution in [0.15, 0.2) is 28.7 Å². The molecule has 8 heteroatoms. The fraction of sp³-hybridized carbons (Fsp3) is 0.462. The summed E-state index contributed by atoms with van der Waals surface area (Å²) in [5.41, 5.74) is 0.589. The lowest BCUT2D eigenvalue weighted by Crippen LogP contribution is -2.27. The van der Waals surface area contributed by atoms with Crippen LogP contribution >= 0.6 is 11.3 Å². The number of hydrogen-bond acceptors (Lipinski definition) is 5. The van der Waals surface area contributed by atoms with E-state index in [1.807, 2.05) is 19.2 Å². The van der Waals surface area contributed by atoms with Crippen LogP contribution in [0.1, 0.15) is 30.5 Å². The van der Waals surface area contributed by atoms with Crippen LogP contribution in [0.5, 0.6) is 0 Å². The molecule has 0 aliphatic heterocycles. The maximum absolute atomic E-state index is 12.3. The molecule has 2 heterocycles. The summed E-state index contributed by atoms with van der Waals surface area (Å²) in [6.45, 7) is 4.55. The molecule has 0 spiro atoms. The zero-order chi connectivity index (χ0) is 15.5. The number of aryl methyl sites for hydroxylation is 1. The number of aliphatic hydroxyl groups excluding tert-OH is 1. The van der Waals surface area contributed by atoms with Crippen molar-refractivity contribution >= 4 is 21.4 Å². The minimum atomic E-state index is -3.57. The van der Waals surface area contributed by atoms with Gasteiger partial charge in [0.1, 0.15) is 0 Å². The Hall–Kier alpha value is -1.22. The number of nitrogens with zero attached hydrogens (tertiary/aromatic N) is 2. The highest BCUT2D eigenvalue weighted by atomic mass is 32.2. The number of aliphatic hydroxyl groups is 1. The molecule has 21 heavy (non-hydrogen) atoms. The topological polar surface area (TPSA) is 84.2 Å². The lowest BCUT2D eigenvalue weighted by molar-refractivity contribution is 0.271. The molecule has 0 aliphatic rings. The lowest BCUT2D eigenvalue weighted by atomic mass is 10.2. The fourth-order valence-electron chi connectivity index (χ4n) is 1.98. The van der Waals surface area contributed by atoms with Gasteiger partial charge in [-0.2, -0.15) is 0 Å². The Morgan fingerprint density at radius 1 is 1.52 bits per heavy atom. The highest BCUT2D eigenvalue weighted by Gasteiger charge is 2.19. The first-order chi connectivity index (χ1) is 9.97. The molecule has 0 aromatic carbocycles.